The van der Waals surface area contributed by atoms with Crippen LogP contribution in [0.3, 0.4) is 0 Å². The fourth-order valence-corrected chi connectivity index (χ4v) is 3.72. The number of nitrogens with zero attached hydrogens (tertiary/aromatic N) is 2. The highest BCUT2D eigenvalue weighted by atomic mass is 32.1. The molecule has 0 atom stereocenters. The molecule has 0 radical (unpaired) electrons. The quantitative estimate of drug-likeness (QED) is 0.466. The molecule has 0 saturated carbocycles. The highest BCUT2D eigenvalue weighted by Gasteiger charge is 2.18. The van der Waals surface area contributed by atoms with Crippen molar-refractivity contribution in [2.75, 3.05) is 5.32 Å². The van der Waals surface area contributed by atoms with Crippen LogP contribution in [-0.2, 0) is 13.2 Å². The molecule has 0 unspecified atom stereocenters. The van der Waals surface area contributed by atoms with E-state index in [1.807, 2.05) is 61.7 Å². The number of nitrogens with one attached hydrogen (secondary N) is 1. The molecule has 0 saturated heterocycles. The van der Waals surface area contributed by atoms with Crippen molar-refractivity contribution < 1.29 is 13.9 Å². The number of hydrogen-bond acceptors (Lipinski definition) is 5. The van der Waals surface area contributed by atoms with Crippen molar-refractivity contribution in [2.45, 2.75) is 27.0 Å². The molecule has 0 fully saturated rings. The van der Waals surface area contributed by atoms with Gasteiger partial charge < -0.3 is 19.0 Å². The normalized spacial score (nSPS) is 10.8. The van der Waals surface area contributed by atoms with Crippen molar-refractivity contribution in [3.05, 3.63) is 88.0 Å². The number of thiazole rings is 1. The number of amides is 1. The summed E-state index contributed by atoms with van der Waals surface area (Å²) < 4.78 is 13.4. The van der Waals surface area contributed by atoms with Gasteiger partial charge in [-0.1, -0.05) is 12.1 Å². The van der Waals surface area contributed by atoms with E-state index in [9.17, 15) is 4.79 Å². The van der Waals surface area contributed by atoms with Crippen molar-refractivity contribution in [1.29, 1.82) is 0 Å². The Morgan fingerprint density at radius 1 is 1.24 bits per heavy atom. The van der Waals surface area contributed by atoms with Crippen LogP contribution in [0.2, 0.25) is 0 Å². The lowest BCUT2D eigenvalue weighted by atomic mass is 10.2. The zero-order valence-electron chi connectivity index (χ0n) is 16.2. The zero-order chi connectivity index (χ0) is 20.2. The van der Waals surface area contributed by atoms with Gasteiger partial charge in [-0.3, -0.25) is 4.79 Å². The van der Waals surface area contributed by atoms with Gasteiger partial charge in [-0.2, -0.15) is 0 Å². The van der Waals surface area contributed by atoms with Crippen molar-refractivity contribution in [3.8, 4) is 5.75 Å². The van der Waals surface area contributed by atoms with Gasteiger partial charge in [0.05, 0.1) is 35.3 Å². The first-order valence-electron chi connectivity index (χ1n) is 9.21. The van der Waals surface area contributed by atoms with Crippen LogP contribution >= 0.6 is 11.3 Å². The minimum Gasteiger partial charge on any atom is -0.485 e. The highest BCUT2D eigenvalue weighted by molar-refractivity contribution is 7.07. The van der Waals surface area contributed by atoms with E-state index < -0.39 is 0 Å². The summed E-state index contributed by atoms with van der Waals surface area (Å²) in [6, 6.07) is 13.1. The molecule has 0 aliphatic carbocycles. The Hall–Kier alpha value is -3.32. The number of carbonyl (C=O) groups is 1. The summed E-state index contributed by atoms with van der Waals surface area (Å²) >= 11 is 1.52. The highest BCUT2D eigenvalue weighted by Crippen LogP contribution is 2.26. The maximum atomic E-state index is 13.0. The molecule has 6 nitrogen and oxygen atoms in total. The molecule has 4 rings (SSSR count). The lowest BCUT2D eigenvalue weighted by molar-refractivity contribution is 0.102. The Morgan fingerprint density at radius 2 is 2.10 bits per heavy atom. The second-order valence-corrected chi connectivity index (χ2v) is 7.39. The predicted octanol–water partition coefficient (Wildman–Crippen LogP) is 5.03. The first-order chi connectivity index (χ1) is 14.1. The summed E-state index contributed by atoms with van der Waals surface area (Å²) in [6.07, 6.45) is 1.65. The van der Waals surface area contributed by atoms with Crippen LogP contribution in [0, 0.1) is 13.8 Å². The number of carbonyl (C=O) groups excluding carboxylic acids is 1. The molecule has 0 bridgehead atoms. The lowest BCUT2D eigenvalue weighted by Crippen LogP contribution is -2.14. The standard InChI is InChI=1S/C22H21N3O3S/c1-15-10-19(16(2)25(15)11-18-6-5-9-27-18)22(26)24-20-7-3-4-8-21(20)28-12-17-13-29-14-23-17/h3-10,13-14H,11-12H2,1-2H3,(H,24,26). The molecule has 3 heterocycles. The second-order valence-electron chi connectivity index (χ2n) is 6.67. The summed E-state index contributed by atoms with van der Waals surface area (Å²) in [4.78, 5) is 17.2. The van der Waals surface area contributed by atoms with Crippen LogP contribution in [-0.4, -0.2) is 15.5 Å². The number of ether oxygens (including phenoxy) is 1. The molecule has 7 heteroatoms. The van der Waals surface area contributed by atoms with Crippen molar-refractivity contribution in [1.82, 2.24) is 9.55 Å². The summed E-state index contributed by atoms with van der Waals surface area (Å²) in [7, 11) is 0. The molecule has 29 heavy (non-hydrogen) atoms. The maximum absolute atomic E-state index is 13.0. The number of para-hydroxylation sites is 2. The molecule has 148 valence electrons. The molecule has 1 N–H and O–H groups in total. The van der Waals surface area contributed by atoms with Gasteiger partial charge in [-0.05, 0) is 44.2 Å². The number of anilines is 1. The van der Waals surface area contributed by atoms with Crippen LogP contribution in [0.25, 0.3) is 0 Å². The van der Waals surface area contributed by atoms with Gasteiger partial charge >= 0.3 is 0 Å². The summed E-state index contributed by atoms with van der Waals surface area (Å²) in [6.45, 7) is 4.87. The van der Waals surface area contributed by atoms with E-state index in [1.165, 1.54) is 11.3 Å². The van der Waals surface area contributed by atoms with E-state index >= 15 is 0 Å². The monoisotopic (exact) mass is 407 g/mol. The molecule has 0 aliphatic rings. The Balaban J connectivity index is 1.51. The third-order valence-electron chi connectivity index (χ3n) is 4.71. The molecule has 3 aromatic heterocycles. The van der Waals surface area contributed by atoms with Gasteiger partial charge in [0.1, 0.15) is 18.1 Å². The lowest BCUT2D eigenvalue weighted by Gasteiger charge is -2.12. The molecule has 1 amide bonds. The van der Waals surface area contributed by atoms with Gasteiger partial charge in [-0.25, -0.2) is 4.98 Å². The zero-order valence-corrected chi connectivity index (χ0v) is 17.0. The number of rotatable bonds is 7. The van der Waals surface area contributed by atoms with Crippen LogP contribution in [0.4, 0.5) is 5.69 Å². The Kier molecular flexibility index (Phi) is 5.48. The molecule has 4 aromatic rings. The van der Waals surface area contributed by atoms with E-state index in [2.05, 4.69) is 14.9 Å². The summed E-state index contributed by atoms with van der Waals surface area (Å²) in [5.74, 6) is 1.28. The van der Waals surface area contributed by atoms with E-state index in [4.69, 9.17) is 9.15 Å². The largest absolute Gasteiger partial charge is 0.485 e. The topological polar surface area (TPSA) is 69.3 Å². The molecule has 0 spiro atoms. The summed E-state index contributed by atoms with van der Waals surface area (Å²) in [5.41, 5.74) is 5.77. The molecule has 0 aliphatic heterocycles. The predicted molar refractivity (Wildman–Crippen MR) is 113 cm³/mol. The Morgan fingerprint density at radius 3 is 2.86 bits per heavy atom. The number of hydrogen-bond donors (Lipinski definition) is 1. The van der Waals surface area contributed by atoms with Crippen molar-refractivity contribution in [3.63, 3.8) is 0 Å². The van der Waals surface area contributed by atoms with Gasteiger partial charge in [-0.15, -0.1) is 11.3 Å². The third-order valence-corrected chi connectivity index (χ3v) is 5.34. The van der Waals surface area contributed by atoms with Gasteiger partial charge in [0, 0.05) is 16.8 Å². The third kappa shape index (κ3) is 4.25. The first-order valence-corrected chi connectivity index (χ1v) is 10.2. The number of benzene rings is 1. The van der Waals surface area contributed by atoms with E-state index in [0.717, 1.165) is 22.8 Å². The van der Waals surface area contributed by atoms with Crippen molar-refractivity contribution >= 4 is 22.9 Å². The van der Waals surface area contributed by atoms with Gasteiger partial charge in [0.15, 0.2) is 0 Å². The Labute approximate surface area is 172 Å². The fourth-order valence-electron chi connectivity index (χ4n) is 3.18. The number of aryl methyl sites for hydroxylation is 1. The number of furan rings is 1. The number of aromatic nitrogens is 2. The fraction of sp³-hybridized carbons (Fsp3) is 0.182. The molecule has 1 aromatic carbocycles. The van der Waals surface area contributed by atoms with Crippen LogP contribution in [0.15, 0.2) is 64.0 Å². The minimum atomic E-state index is -0.173. The SMILES string of the molecule is Cc1cc(C(=O)Nc2ccccc2OCc2cscn2)c(C)n1Cc1ccco1. The Bertz CT molecular complexity index is 1100. The van der Waals surface area contributed by atoms with Crippen LogP contribution < -0.4 is 10.1 Å². The van der Waals surface area contributed by atoms with Crippen molar-refractivity contribution in [2.24, 2.45) is 0 Å². The average Bonchev–Trinajstić information content (AvgIpc) is 3.47. The van der Waals surface area contributed by atoms with E-state index in [1.54, 1.807) is 11.8 Å². The molecular formula is C22H21N3O3S. The van der Waals surface area contributed by atoms with Gasteiger partial charge in [0.2, 0.25) is 0 Å². The average molecular weight is 407 g/mol. The minimum absolute atomic E-state index is 0.173. The molecular weight excluding hydrogens is 386 g/mol. The maximum Gasteiger partial charge on any atom is 0.257 e. The second kappa shape index (κ2) is 8.36. The first kappa shape index (κ1) is 19.0. The van der Waals surface area contributed by atoms with E-state index in [-0.39, 0.29) is 5.91 Å². The van der Waals surface area contributed by atoms with Gasteiger partial charge in [0.25, 0.3) is 5.91 Å². The van der Waals surface area contributed by atoms with Crippen LogP contribution in [0.5, 0.6) is 5.75 Å². The van der Waals surface area contributed by atoms with Crippen LogP contribution in [0.1, 0.15) is 33.2 Å². The smallest absolute Gasteiger partial charge is 0.257 e. The summed E-state index contributed by atoms with van der Waals surface area (Å²) in [5, 5.41) is 4.92. The van der Waals surface area contributed by atoms with E-state index in [0.29, 0.717) is 30.2 Å².